The molecular weight excluding hydrogens is 387 g/mol. The zero-order valence-electron chi connectivity index (χ0n) is 13.8. The molecule has 2 aromatic rings. The number of rotatable bonds is 4. The number of nitrogens with zero attached hydrogens (tertiary/aromatic N) is 1. The Balaban J connectivity index is 1.80. The van der Waals surface area contributed by atoms with Gasteiger partial charge in [0.1, 0.15) is 5.82 Å². The highest BCUT2D eigenvalue weighted by Crippen LogP contribution is 2.38. The van der Waals surface area contributed by atoms with E-state index in [0.29, 0.717) is 24.2 Å². The molecule has 0 unspecified atom stereocenters. The summed E-state index contributed by atoms with van der Waals surface area (Å²) in [5, 5.41) is 2.79. The molecule has 0 atom stereocenters. The lowest BCUT2D eigenvalue weighted by Crippen LogP contribution is -2.30. The molecule has 130 valence electrons. The zero-order valence-corrected chi connectivity index (χ0v) is 15.4. The van der Waals surface area contributed by atoms with Crippen LogP contribution in [0.3, 0.4) is 0 Å². The summed E-state index contributed by atoms with van der Waals surface area (Å²) in [5.41, 5.74) is 2.91. The Morgan fingerprint density at radius 3 is 2.76 bits per heavy atom. The fourth-order valence-corrected chi connectivity index (χ4v) is 3.63. The Bertz CT molecular complexity index is 838. The normalized spacial score (nSPS) is 12.8. The molecule has 4 nitrogen and oxygen atoms in total. The van der Waals surface area contributed by atoms with Gasteiger partial charge < -0.3 is 10.2 Å². The fourth-order valence-electron chi connectivity index (χ4n) is 3.12. The first-order chi connectivity index (χ1) is 12.0. The van der Waals surface area contributed by atoms with E-state index in [-0.39, 0.29) is 24.1 Å². The van der Waals surface area contributed by atoms with Gasteiger partial charge in [0.15, 0.2) is 0 Å². The first-order valence-corrected chi connectivity index (χ1v) is 8.89. The number of amides is 2. The van der Waals surface area contributed by atoms with Gasteiger partial charge in [-0.25, -0.2) is 4.39 Å². The molecule has 0 fully saturated rings. The monoisotopic (exact) mass is 404 g/mol. The molecule has 1 heterocycles. The number of carbonyl (C=O) groups excluding carboxylic acids is 2. The molecular formula is C19H18BrFN2O2. The quantitative estimate of drug-likeness (QED) is 0.834. The number of hydrogen-bond donors (Lipinski definition) is 1. The van der Waals surface area contributed by atoms with Crippen LogP contribution in [0.15, 0.2) is 40.9 Å². The van der Waals surface area contributed by atoms with Gasteiger partial charge in [-0.3, -0.25) is 9.59 Å². The Morgan fingerprint density at radius 2 is 2.04 bits per heavy atom. The van der Waals surface area contributed by atoms with Crippen LogP contribution in [-0.4, -0.2) is 18.4 Å². The van der Waals surface area contributed by atoms with E-state index in [1.807, 2.05) is 6.07 Å². The molecule has 0 saturated heterocycles. The molecule has 3 rings (SSSR count). The van der Waals surface area contributed by atoms with Crippen molar-refractivity contribution in [3.63, 3.8) is 0 Å². The third-order valence-corrected chi connectivity index (χ3v) is 4.66. The first kappa shape index (κ1) is 17.6. The van der Waals surface area contributed by atoms with Crippen molar-refractivity contribution < 1.29 is 14.0 Å². The summed E-state index contributed by atoms with van der Waals surface area (Å²) in [6.45, 7) is 2.00. The van der Waals surface area contributed by atoms with Crippen molar-refractivity contribution in [2.24, 2.45) is 0 Å². The summed E-state index contributed by atoms with van der Waals surface area (Å²) in [4.78, 5) is 25.9. The third-order valence-electron chi connectivity index (χ3n) is 4.21. The average Bonchev–Trinajstić information content (AvgIpc) is 2.97. The second kappa shape index (κ2) is 7.35. The van der Waals surface area contributed by atoms with Gasteiger partial charge in [-0.1, -0.05) is 34.1 Å². The summed E-state index contributed by atoms with van der Waals surface area (Å²) < 4.78 is 14.6. The number of anilines is 2. The summed E-state index contributed by atoms with van der Waals surface area (Å²) in [6, 6.07) is 10.3. The predicted octanol–water partition coefficient (Wildman–Crippen LogP) is 4.07. The van der Waals surface area contributed by atoms with E-state index < -0.39 is 0 Å². The molecule has 0 saturated carbocycles. The largest absolute Gasteiger partial charge is 0.324 e. The van der Waals surface area contributed by atoms with Crippen LogP contribution in [0.5, 0.6) is 0 Å². The van der Waals surface area contributed by atoms with Gasteiger partial charge in [-0.2, -0.15) is 0 Å². The molecule has 0 bridgehead atoms. The van der Waals surface area contributed by atoms with Gasteiger partial charge in [0.25, 0.3) is 0 Å². The van der Waals surface area contributed by atoms with Crippen LogP contribution < -0.4 is 10.2 Å². The zero-order chi connectivity index (χ0) is 18.0. The molecule has 6 heteroatoms. The van der Waals surface area contributed by atoms with Crippen LogP contribution in [0.2, 0.25) is 0 Å². The summed E-state index contributed by atoms with van der Waals surface area (Å²) in [5.74, 6) is -0.554. The van der Waals surface area contributed by atoms with Crippen molar-refractivity contribution in [1.29, 1.82) is 0 Å². The minimum absolute atomic E-state index is 0.0732. The Hall–Kier alpha value is -2.21. The molecule has 2 aromatic carbocycles. The van der Waals surface area contributed by atoms with Crippen LogP contribution in [0.1, 0.15) is 24.5 Å². The van der Waals surface area contributed by atoms with Crippen LogP contribution in [0, 0.1) is 5.82 Å². The van der Waals surface area contributed by atoms with E-state index in [4.69, 9.17) is 0 Å². The smallest absolute Gasteiger partial charge is 0.227 e. The van der Waals surface area contributed by atoms with E-state index in [1.165, 1.54) is 13.0 Å². The Morgan fingerprint density at radius 1 is 1.28 bits per heavy atom. The van der Waals surface area contributed by atoms with E-state index in [2.05, 4.69) is 21.2 Å². The Kier molecular flexibility index (Phi) is 5.18. The van der Waals surface area contributed by atoms with E-state index >= 15 is 0 Å². The van der Waals surface area contributed by atoms with Gasteiger partial charge in [-0.05, 0) is 42.2 Å². The second-order valence-electron chi connectivity index (χ2n) is 6.03. The minimum atomic E-state index is -0.292. The lowest BCUT2D eigenvalue weighted by atomic mass is 10.1. The van der Waals surface area contributed by atoms with Crippen molar-refractivity contribution in [2.45, 2.75) is 26.2 Å². The Labute approximate surface area is 154 Å². The molecule has 0 aliphatic carbocycles. The number of benzene rings is 2. The van der Waals surface area contributed by atoms with Crippen LogP contribution in [-0.2, 0) is 22.4 Å². The molecule has 2 amide bonds. The van der Waals surface area contributed by atoms with Crippen LogP contribution in [0.4, 0.5) is 15.8 Å². The molecule has 1 aliphatic rings. The van der Waals surface area contributed by atoms with Gasteiger partial charge in [0.05, 0.1) is 11.4 Å². The number of nitrogens with one attached hydrogen (secondary N) is 1. The molecule has 1 aliphatic heterocycles. The lowest BCUT2D eigenvalue weighted by molar-refractivity contribution is -0.118. The number of halogens is 2. The van der Waals surface area contributed by atoms with E-state index in [9.17, 15) is 14.0 Å². The second-order valence-corrected chi connectivity index (χ2v) is 6.94. The number of aryl methyl sites for hydroxylation is 1. The summed E-state index contributed by atoms with van der Waals surface area (Å²) in [6.07, 6.45) is 1.30. The number of carbonyl (C=O) groups is 2. The van der Waals surface area contributed by atoms with Crippen molar-refractivity contribution in [3.05, 3.63) is 57.8 Å². The van der Waals surface area contributed by atoms with Crippen molar-refractivity contribution in [1.82, 2.24) is 0 Å². The minimum Gasteiger partial charge on any atom is -0.324 e. The van der Waals surface area contributed by atoms with Crippen molar-refractivity contribution in [3.8, 4) is 0 Å². The summed E-state index contributed by atoms with van der Waals surface area (Å²) in [7, 11) is 0. The average molecular weight is 405 g/mol. The van der Waals surface area contributed by atoms with Gasteiger partial charge in [0.2, 0.25) is 11.8 Å². The van der Waals surface area contributed by atoms with Gasteiger partial charge in [-0.15, -0.1) is 0 Å². The number of hydrogen-bond acceptors (Lipinski definition) is 2. The van der Waals surface area contributed by atoms with E-state index in [0.717, 1.165) is 22.1 Å². The first-order valence-electron chi connectivity index (χ1n) is 8.09. The highest BCUT2D eigenvalue weighted by atomic mass is 79.9. The molecule has 0 aromatic heterocycles. The topological polar surface area (TPSA) is 49.4 Å². The molecule has 25 heavy (non-hydrogen) atoms. The van der Waals surface area contributed by atoms with E-state index in [1.54, 1.807) is 29.2 Å². The predicted molar refractivity (Wildman–Crippen MR) is 99.2 cm³/mol. The fraction of sp³-hybridized carbons (Fsp3) is 0.263. The van der Waals surface area contributed by atoms with Gasteiger partial charge in [0, 0.05) is 24.4 Å². The number of fused-ring (bicyclic) bond motifs is 1. The highest BCUT2D eigenvalue weighted by Gasteiger charge is 2.28. The maximum Gasteiger partial charge on any atom is 0.227 e. The maximum absolute atomic E-state index is 13.7. The lowest BCUT2D eigenvalue weighted by Gasteiger charge is -2.21. The summed E-state index contributed by atoms with van der Waals surface area (Å²) >= 11 is 3.44. The van der Waals surface area contributed by atoms with Crippen LogP contribution >= 0.6 is 15.9 Å². The molecule has 0 spiro atoms. The molecule has 0 radical (unpaired) electrons. The van der Waals surface area contributed by atoms with Crippen molar-refractivity contribution in [2.75, 3.05) is 16.8 Å². The third kappa shape index (κ3) is 3.90. The SMILES string of the molecule is CC(=O)Nc1cc(Br)cc2c1N(C(=O)CCc1ccccc1F)CC2. The van der Waals surface area contributed by atoms with Gasteiger partial charge >= 0.3 is 0 Å². The highest BCUT2D eigenvalue weighted by molar-refractivity contribution is 9.10. The maximum atomic E-state index is 13.7. The standard InChI is InChI=1S/C19H18BrFN2O2/c1-12(24)22-17-11-15(20)10-14-8-9-23(19(14)17)18(25)7-6-13-4-2-3-5-16(13)21/h2-5,10-11H,6-9H2,1H3,(H,22,24). The van der Waals surface area contributed by atoms with Crippen molar-refractivity contribution >= 4 is 39.1 Å². The van der Waals surface area contributed by atoms with Crippen LogP contribution in [0.25, 0.3) is 0 Å². The molecule has 1 N–H and O–H groups in total.